The van der Waals surface area contributed by atoms with Gasteiger partial charge in [0.2, 0.25) is 0 Å². The highest BCUT2D eigenvalue weighted by Gasteiger charge is 2.24. The molecule has 0 spiro atoms. The first-order valence-electron chi connectivity index (χ1n) is 11.4. The third kappa shape index (κ3) is 4.40. The molecular formula is C25H28N6O3. The van der Waals surface area contributed by atoms with Crippen molar-refractivity contribution < 1.29 is 14.3 Å². The molecule has 4 aromatic rings. The van der Waals surface area contributed by atoms with Crippen molar-refractivity contribution in [2.75, 3.05) is 45.7 Å². The van der Waals surface area contributed by atoms with Crippen LogP contribution in [0.1, 0.15) is 15.9 Å². The molecule has 9 heteroatoms. The predicted octanol–water partition coefficient (Wildman–Crippen LogP) is 2.44. The summed E-state index contributed by atoms with van der Waals surface area (Å²) in [6.07, 6.45) is 0. The number of ether oxygens (including phenoxy) is 2. The molecule has 9 nitrogen and oxygen atoms in total. The van der Waals surface area contributed by atoms with Gasteiger partial charge in [-0.25, -0.2) is 9.97 Å². The number of carbonyl (C=O) groups is 1. The number of nitrogens with two attached hydrogens (primary N) is 1. The van der Waals surface area contributed by atoms with Gasteiger partial charge >= 0.3 is 0 Å². The number of rotatable bonds is 7. The van der Waals surface area contributed by atoms with Crippen LogP contribution in [0.3, 0.4) is 0 Å². The Kier molecular flexibility index (Phi) is 6.29. The van der Waals surface area contributed by atoms with Crippen molar-refractivity contribution >= 4 is 33.9 Å². The molecule has 1 aliphatic rings. The number of hydrogen-bond donors (Lipinski definition) is 2. The van der Waals surface area contributed by atoms with Gasteiger partial charge < -0.3 is 25.1 Å². The molecule has 1 aliphatic heterocycles. The summed E-state index contributed by atoms with van der Waals surface area (Å²) >= 11 is 0. The number of methoxy groups -OCH3 is 1. The van der Waals surface area contributed by atoms with Crippen LogP contribution in [0.25, 0.3) is 22.2 Å². The maximum absolute atomic E-state index is 13.3. The Bertz CT molecular complexity index is 1310. The van der Waals surface area contributed by atoms with Crippen molar-refractivity contribution in [1.82, 2.24) is 24.8 Å². The zero-order valence-electron chi connectivity index (χ0n) is 19.2. The Morgan fingerprint density at radius 3 is 2.47 bits per heavy atom. The number of nitrogens with zero attached hydrogens (tertiary/aromatic N) is 4. The Hall–Kier alpha value is -3.69. The molecule has 0 atom stereocenters. The average Bonchev–Trinajstić information content (AvgIpc) is 3.15. The number of aromatic nitrogens is 3. The van der Waals surface area contributed by atoms with Gasteiger partial charge in [-0.05, 0) is 29.8 Å². The fourth-order valence-corrected chi connectivity index (χ4v) is 4.25. The largest absolute Gasteiger partial charge is 0.497 e. The lowest BCUT2D eigenvalue weighted by molar-refractivity contribution is 0.0366. The molecule has 3 heterocycles. The summed E-state index contributed by atoms with van der Waals surface area (Å²) in [6, 6.07) is 15.2. The summed E-state index contributed by atoms with van der Waals surface area (Å²) in [5.41, 5.74) is 10.5. The van der Waals surface area contributed by atoms with E-state index in [-0.39, 0.29) is 5.91 Å². The molecule has 5 rings (SSSR count). The van der Waals surface area contributed by atoms with Crippen LogP contribution < -0.4 is 15.8 Å². The molecule has 2 aromatic heterocycles. The highest BCUT2D eigenvalue weighted by Crippen LogP contribution is 2.28. The third-order valence-corrected chi connectivity index (χ3v) is 6.17. The minimum atomic E-state index is -0.270. The first-order valence-corrected chi connectivity index (χ1v) is 11.4. The number of fused-ring (bicyclic) bond motifs is 2. The highest BCUT2D eigenvalue weighted by atomic mass is 16.5. The summed E-state index contributed by atoms with van der Waals surface area (Å²) in [6.45, 7) is 4.98. The SMILES string of the molecule is COc1ccc(CNC(=O)c2c(N)n(CCN3CCOCC3)c3nc4ccccc4nc23)cc1. The van der Waals surface area contributed by atoms with Gasteiger partial charge in [0, 0.05) is 32.7 Å². The van der Waals surface area contributed by atoms with Crippen LogP contribution in [0.15, 0.2) is 48.5 Å². The summed E-state index contributed by atoms with van der Waals surface area (Å²) in [7, 11) is 1.62. The number of nitrogen functional groups attached to an aromatic ring is 1. The van der Waals surface area contributed by atoms with Crippen molar-refractivity contribution in [2.45, 2.75) is 13.1 Å². The van der Waals surface area contributed by atoms with Crippen molar-refractivity contribution in [3.05, 3.63) is 59.7 Å². The lowest BCUT2D eigenvalue weighted by Crippen LogP contribution is -2.38. The number of nitrogens with one attached hydrogen (secondary N) is 1. The molecular weight excluding hydrogens is 432 g/mol. The first kappa shape index (κ1) is 22.1. The van der Waals surface area contributed by atoms with E-state index in [0.717, 1.165) is 55.2 Å². The molecule has 1 saturated heterocycles. The number of benzene rings is 2. The van der Waals surface area contributed by atoms with Gasteiger partial charge in [0.1, 0.15) is 22.6 Å². The van der Waals surface area contributed by atoms with E-state index in [0.29, 0.717) is 35.6 Å². The van der Waals surface area contributed by atoms with Crippen molar-refractivity contribution in [3.8, 4) is 5.75 Å². The second-order valence-corrected chi connectivity index (χ2v) is 8.28. The zero-order valence-corrected chi connectivity index (χ0v) is 19.2. The fourth-order valence-electron chi connectivity index (χ4n) is 4.25. The monoisotopic (exact) mass is 460 g/mol. The molecule has 2 aromatic carbocycles. The van der Waals surface area contributed by atoms with E-state index < -0.39 is 0 Å². The molecule has 3 N–H and O–H groups in total. The number of morpholine rings is 1. The van der Waals surface area contributed by atoms with Gasteiger partial charge in [0.25, 0.3) is 5.91 Å². The van der Waals surface area contributed by atoms with Crippen LogP contribution in [-0.4, -0.2) is 65.3 Å². The summed E-state index contributed by atoms with van der Waals surface area (Å²) in [4.78, 5) is 25.2. The molecule has 0 unspecified atom stereocenters. The lowest BCUT2D eigenvalue weighted by atomic mass is 10.2. The van der Waals surface area contributed by atoms with E-state index in [2.05, 4.69) is 10.2 Å². The molecule has 34 heavy (non-hydrogen) atoms. The Morgan fingerprint density at radius 2 is 1.76 bits per heavy atom. The van der Waals surface area contributed by atoms with E-state index in [1.807, 2.05) is 53.1 Å². The van der Waals surface area contributed by atoms with Crippen molar-refractivity contribution in [3.63, 3.8) is 0 Å². The highest BCUT2D eigenvalue weighted by molar-refractivity contribution is 6.10. The van der Waals surface area contributed by atoms with Gasteiger partial charge in [0.05, 0.1) is 31.4 Å². The lowest BCUT2D eigenvalue weighted by Gasteiger charge is -2.26. The number of amides is 1. The maximum Gasteiger partial charge on any atom is 0.257 e. The van der Waals surface area contributed by atoms with Crippen molar-refractivity contribution in [2.24, 2.45) is 0 Å². The quantitative estimate of drug-likeness (QED) is 0.436. The fraction of sp³-hybridized carbons (Fsp3) is 0.320. The molecule has 0 saturated carbocycles. The van der Waals surface area contributed by atoms with E-state index in [1.165, 1.54) is 0 Å². The molecule has 1 fully saturated rings. The standard InChI is InChI=1S/C25H28N6O3/c1-33-18-8-6-17(7-9-18)16-27-25(32)21-22-24(29-20-5-3-2-4-19(20)28-22)31(23(21)26)11-10-30-12-14-34-15-13-30/h2-9H,10-16,26H2,1H3,(H,27,32). The molecule has 0 aliphatic carbocycles. The average molecular weight is 461 g/mol. The van der Waals surface area contributed by atoms with E-state index in [1.54, 1.807) is 7.11 Å². The topological polar surface area (TPSA) is 108 Å². The Labute approximate surface area is 197 Å². The smallest absolute Gasteiger partial charge is 0.257 e. The Morgan fingerprint density at radius 1 is 1.06 bits per heavy atom. The van der Waals surface area contributed by atoms with Gasteiger partial charge in [-0.2, -0.15) is 0 Å². The van der Waals surface area contributed by atoms with E-state index in [4.69, 9.17) is 25.2 Å². The van der Waals surface area contributed by atoms with Gasteiger partial charge in [-0.3, -0.25) is 9.69 Å². The minimum absolute atomic E-state index is 0.270. The normalized spacial score (nSPS) is 14.5. The van der Waals surface area contributed by atoms with Gasteiger partial charge in [-0.1, -0.05) is 24.3 Å². The Balaban J connectivity index is 1.46. The van der Waals surface area contributed by atoms with E-state index in [9.17, 15) is 4.79 Å². The summed E-state index contributed by atoms with van der Waals surface area (Å²) < 4.78 is 12.6. The van der Waals surface area contributed by atoms with Crippen LogP contribution in [0.5, 0.6) is 5.75 Å². The number of para-hydroxylation sites is 2. The molecule has 0 radical (unpaired) electrons. The zero-order chi connectivity index (χ0) is 23.5. The summed E-state index contributed by atoms with van der Waals surface area (Å²) in [5.74, 6) is 0.878. The van der Waals surface area contributed by atoms with Crippen LogP contribution in [0.2, 0.25) is 0 Å². The second kappa shape index (κ2) is 9.66. The first-order chi connectivity index (χ1) is 16.6. The number of anilines is 1. The number of carbonyl (C=O) groups excluding carboxylic acids is 1. The van der Waals surface area contributed by atoms with Gasteiger partial charge in [-0.15, -0.1) is 0 Å². The molecule has 176 valence electrons. The second-order valence-electron chi connectivity index (χ2n) is 8.28. The van der Waals surface area contributed by atoms with Crippen LogP contribution in [-0.2, 0) is 17.8 Å². The minimum Gasteiger partial charge on any atom is -0.497 e. The molecule has 1 amide bonds. The van der Waals surface area contributed by atoms with Crippen molar-refractivity contribution in [1.29, 1.82) is 0 Å². The molecule has 0 bridgehead atoms. The van der Waals surface area contributed by atoms with Crippen LogP contribution >= 0.6 is 0 Å². The van der Waals surface area contributed by atoms with Crippen LogP contribution in [0.4, 0.5) is 5.82 Å². The maximum atomic E-state index is 13.3. The van der Waals surface area contributed by atoms with Gasteiger partial charge in [0.15, 0.2) is 5.65 Å². The number of hydrogen-bond acceptors (Lipinski definition) is 7. The third-order valence-electron chi connectivity index (χ3n) is 6.17. The summed E-state index contributed by atoms with van der Waals surface area (Å²) in [5, 5.41) is 2.98. The van der Waals surface area contributed by atoms with Crippen LogP contribution in [0, 0.1) is 0 Å². The predicted molar refractivity (Wildman–Crippen MR) is 131 cm³/mol. The van der Waals surface area contributed by atoms with E-state index >= 15 is 0 Å².